The van der Waals surface area contributed by atoms with Crippen LogP contribution < -0.4 is 4.90 Å². The summed E-state index contributed by atoms with van der Waals surface area (Å²) in [6.45, 7) is 20.7. The van der Waals surface area contributed by atoms with Crippen LogP contribution in [0.5, 0.6) is 0 Å². The predicted molar refractivity (Wildman–Crippen MR) is 122 cm³/mol. The Bertz CT molecular complexity index is 496. The first-order valence-electron chi connectivity index (χ1n) is 10.7. The van der Waals surface area contributed by atoms with Gasteiger partial charge in [-0.15, -0.1) is 0 Å². The summed E-state index contributed by atoms with van der Waals surface area (Å²) in [6.07, 6.45) is 1.52. The summed E-state index contributed by atoms with van der Waals surface area (Å²) in [5.41, 5.74) is 2.19. The lowest BCUT2D eigenvalue weighted by Crippen LogP contribution is -2.46. The first-order chi connectivity index (χ1) is 13.8. The van der Waals surface area contributed by atoms with E-state index in [2.05, 4.69) is 56.7 Å². The molecule has 0 saturated carbocycles. The van der Waals surface area contributed by atoms with Crippen LogP contribution in [0.15, 0.2) is 47.2 Å². The maximum atomic E-state index is 4.76. The summed E-state index contributed by atoms with van der Waals surface area (Å²) in [7, 11) is 1.62. The molecular weight excluding hydrogens is 350 g/mol. The van der Waals surface area contributed by atoms with Gasteiger partial charge in [-0.25, -0.2) is 0 Å². The van der Waals surface area contributed by atoms with E-state index in [1.165, 1.54) is 31.6 Å². The molecule has 162 valence electrons. The van der Waals surface area contributed by atoms with Crippen LogP contribution in [0.1, 0.15) is 54.2 Å². The Kier molecular flexibility index (Phi) is 21.7. The van der Waals surface area contributed by atoms with Crippen LogP contribution in [-0.4, -0.2) is 49.9 Å². The van der Waals surface area contributed by atoms with Gasteiger partial charge in [0.1, 0.15) is 12.0 Å². The molecule has 1 aliphatic rings. The fourth-order valence-corrected chi connectivity index (χ4v) is 2.42. The minimum Gasteiger partial charge on any atom is -0.378 e. The maximum Gasteiger partial charge on any atom is 0.124 e. The van der Waals surface area contributed by atoms with Gasteiger partial charge in [-0.05, 0) is 18.7 Å². The first-order valence-corrected chi connectivity index (χ1v) is 10.7. The van der Waals surface area contributed by atoms with Gasteiger partial charge < -0.3 is 19.1 Å². The monoisotopic (exact) mass is 393 g/mol. The Morgan fingerprint density at radius 3 is 1.89 bits per heavy atom. The van der Waals surface area contributed by atoms with Gasteiger partial charge in [0.2, 0.25) is 0 Å². The third-order valence-corrected chi connectivity index (χ3v) is 3.72. The third kappa shape index (κ3) is 12.5. The average molecular weight is 394 g/mol. The summed E-state index contributed by atoms with van der Waals surface area (Å²) < 4.78 is 9.30. The first kappa shape index (κ1) is 28.4. The van der Waals surface area contributed by atoms with E-state index in [-0.39, 0.29) is 0 Å². The highest BCUT2D eigenvalue weighted by Crippen LogP contribution is 2.15. The van der Waals surface area contributed by atoms with Gasteiger partial charge in [0.05, 0.1) is 6.61 Å². The van der Waals surface area contributed by atoms with Crippen molar-refractivity contribution in [3.05, 3.63) is 48.4 Å². The van der Waals surface area contributed by atoms with Crippen molar-refractivity contribution < 1.29 is 9.26 Å². The molecule has 0 spiro atoms. The van der Waals surface area contributed by atoms with Gasteiger partial charge in [-0.2, -0.15) is 0 Å². The van der Waals surface area contributed by atoms with Crippen molar-refractivity contribution in [1.82, 2.24) is 10.1 Å². The van der Waals surface area contributed by atoms with Gasteiger partial charge in [-0.3, -0.25) is 0 Å². The number of methoxy groups -OCH3 is 1. The summed E-state index contributed by atoms with van der Waals surface area (Å²) in [5, 5.41) is 3.61. The molecule has 28 heavy (non-hydrogen) atoms. The fourth-order valence-electron chi connectivity index (χ4n) is 2.42. The molecule has 1 saturated heterocycles. The third-order valence-electron chi connectivity index (χ3n) is 3.72. The van der Waals surface area contributed by atoms with E-state index < -0.39 is 0 Å². The molecule has 5 heteroatoms. The molecule has 1 aliphatic heterocycles. The Balaban J connectivity index is 0. The largest absolute Gasteiger partial charge is 0.378 e. The molecule has 2 heterocycles. The van der Waals surface area contributed by atoms with Crippen LogP contribution in [0.25, 0.3) is 0 Å². The number of anilines is 1. The van der Waals surface area contributed by atoms with Crippen LogP contribution in [0.3, 0.4) is 0 Å². The molecule has 0 aliphatic carbocycles. The Morgan fingerprint density at radius 1 is 0.893 bits per heavy atom. The zero-order chi connectivity index (χ0) is 21.6. The number of ether oxygens (including phenoxy) is 1. The highest BCUT2D eigenvalue weighted by molar-refractivity contribution is 5.46. The predicted octanol–water partition coefficient (Wildman–Crippen LogP) is 5.73. The summed E-state index contributed by atoms with van der Waals surface area (Å²) >= 11 is 0. The quantitative estimate of drug-likeness (QED) is 0.664. The van der Waals surface area contributed by atoms with Crippen LogP contribution in [-0.2, 0) is 11.3 Å². The van der Waals surface area contributed by atoms with E-state index >= 15 is 0 Å². The molecular formula is C23H43N3O2. The summed E-state index contributed by atoms with van der Waals surface area (Å²) in [4.78, 5) is 4.96. The molecule has 0 atom stereocenters. The summed E-state index contributed by atoms with van der Waals surface area (Å²) in [5.74, 6) is 0. The van der Waals surface area contributed by atoms with Crippen molar-refractivity contribution in [2.24, 2.45) is 0 Å². The van der Waals surface area contributed by atoms with Gasteiger partial charge in [0.25, 0.3) is 0 Å². The second kappa shape index (κ2) is 21.5. The van der Waals surface area contributed by atoms with Crippen molar-refractivity contribution in [3.63, 3.8) is 0 Å². The zero-order valence-corrected chi connectivity index (χ0v) is 19.4. The number of likely N-dealkylation sites (N-methyl/N-ethyl adjacent to an activating group) is 1. The molecule has 1 aromatic carbocycles. The normalized spacial score (nSPS) is 12.6. The number of benzene rings is 1. The van der Waals surface area contributed by atoms with Crippen LogP contribution in [0, 0.1) is 0 Å². The number of nitrogens with zero attached hydrogens (tertiary/aromatic N) is 3. The van der Waals surface area contributed by atoms with Gasteiger partial charge in [0, 0.05) is 45.0 Å². The van der Waals surface area contributed by atoms with E-state index in [0.29, 0.717) is 6.61 Å². The number of hydrogen-bond donors (Lipinski definition) is 0. The second-order valence-electron chi connectivity index (χ2n) is 5.18. The SMILES string of the molecule is CC.CC.CC.CCN1CCN(c2ccccc2)CC1.COCc1ccon1. The standard InChI is InChI=1S/C12H18N2.C5H7NO2.3C2H6/c1-2-13-8-10-14(11-9-13)12-6-4-3-5-7-12;1-7-4-5-2-3-8-6-5;3*1-2/h3-7H,2,8-11H2,1H3;2-3H,4H2,1H3;3*1-2H3. The van der Waals surface area contributed by atoms with Crippen molar-refractivity contribution in [3.8, 4) is 0 Å². The molecule has 0 unspecified atom stereocenters. The van der Waals surface area contributed by atoms with E-state index in [1.54, 1.807) is 13.2 Å². The molecule has 0 radical (unpaired) electrons. The smallest absolute Gasteiger partial charge is 0.124 e. The van der Waals surface area contributed by atoms with Crippen LogP contribution >= 0.6 is 0 Å². The lowest BCUT2D eigenvalue weighted by Gasteiger charge is -2.35. The molecule has 1 aromatic heterocycles. The Hall–Kier alpha value is -1.85. The Morgan fingerprint density at radius 2 is 1.46 bits per heavy atom. The lowest BCUT2D eigenvalue weighted by molar-refractivity contribution is 0.177. The van der Waals surface area contributed by atoms with Crippen molar-refractivity contribution in [1.29, 1.82) is 0 Å². The molecule has 5 nitrogen and oxygen atoms in total. The fraction of sp³-hybridized carbons (Fsp3) is 0.609. The molecule has 3 rings (SSSR count). The highest BCUT2D eigenvalue weighted by Gasteiger charge is 2.14. The minimum absolute atomic E-state index is 0.524. The van der Waals surface area contributed by atoms with Crippen molar-refractivity contribution >= 4 is 5.69 Å². The average Bonchev–Trinajstić information content (AvgIpc) is 3.33. The van der Waals surface area contributed by atoms with Crippen molar-refractivity contribution in [2.45, 2.75) is 55.1 Å². The molecule has 2 aromatic rings. The number of hydrogen-bond acceptors (Lipinski definition) is 5. The molecule has 1 fully saturated rings. The molecule has 0 N–H and O–H groups in total. The van der Waals surface area contributed by atoms with E-state index in [1.807, 2.05) is 41.5 Å². The zero-order valence-electron chi connectivity index (χ0n) is 19.4. The maximum absolute atomic E-state index is 4.76. The lowest BCUT2D eigenvalue weighted by atomic mass is 10.2. The second-order valence-corrected chi connectivity index (χ2v) is 5.18. The number of piperazine rings is 1. The minimum atomic E-state index is 0.524. The van der Waals surface area contributed by atoms with E-state index in [0.717, 1.165) is 18.8 Å². The summed E-state index contributed by atoms with van der Waals surface area (Å²) in [6, 6.07) is 12.5. The topological polar surface area (TPSA) is 41.7 Å². The van der Waals surface area contributed by atoms with E-state index in [9.17, 15) is 0 Å². The van der Waals surface area contributed by atoms with Crippen molar-refractivity contribution in [2.75, 3.05) is 44.7 Å². The Labute approximate surface area is 173 Å². The number of para-hydroxylation sites is 1. The van der Waals surface area contributed by atoms with Crippen LogP contribution in [0.2, 0.25) is 0 Å². The van der Waals surface area contributed by atoms with Gasteiger partial charge >= 0.3 is 0 Å². The highest BCUT2D eigenvalue weighted by atomic mass is 16.5. The number of rotatable bonds is 4. The van der Waals surface area contributed by atoms with Crippen LogP contribution in [0.4, 0.5) is 5.69 Å². The molecule has 0 bridgehead atoms. The van der Waals surface area contributed by atoms with Gasteiger partial charge in [-0.1, -0.05) is 71.8 Å². The van der Waals surface area contributed by atoms with Gasteiger partial charge in [0.15, 0.2) is 0 Å². The van der Waals surface area contributed by atoms with E-state index in [4.69, 9.17) is 4.74 Å². The molecule has 0 amide bonds. The number of aromatic nitrogens is 1.